The van der Waals surface area contributed by atoms with Crippen molar-refractivity contribution >= 4 is 5.91 Å². The Balaban J connectivity index is 1.57. The summed E-state index contributed by atoms with van der Waals surface area (Å²) in [5.74, 6) is 0.0661. The molecule has 0 atom stereocenters. The number of benzene rings is 1. The van der Waals surface area contributed by atoms with Crippen LogP contribution in [0.1, 0.15) is 54.4 Å². The van der Waals surface area contributed by atoms with E-state index in [1.165, 1.54) is 38.8 Å². The van der Waals surface area contributed by atoms with E-state index < -0.39 is 0 Å². The van der Waals surface area contributed by atoms with Gasteiger partial charge in [0.1, 0.15) is 0 Å². The van der Waals surface area contributed by atoms with Crippen LogP contribution >= 0.6 is 0 Å². The summed E-state index contributed by atoms with van der Waals surface area (Å²) in [4.78, 5) is 17.2. The Morgan fingerprint density at radius 3 is 2.39 bits per heavy atom. The van der Waals surface area contributed by atoms with Crippen LogP contribution in [0, 0.1) is 11.3 Å². The first-order valence-corrected chi connectivity index (χ1v) is 8.81. The van der Waals surface area contributed by atoms with E-state index in [1.807, 2.05) is 11.0 Å². The first-order chi connectivity index (χ1) is 11.3. The molecule has 0 saturated carbocycles. The van der Waals surface area contributed by atoms with Gasteiger partial charge < -0.3 is 9.80 Å². The highest BCUT2D eigenvalue weighted by atomic mass is 16.2. The lowest BCUT2D eigenvalue weighted by Crippen LogP contribution is -2.47. The largest absolute Gasteiger partial charge is 0.339 e. The van der Waals surface area contributed by atoms with E-state index in [9.17, 15) is 4.79 Å². The molecule has 2 aliphatic heterocycles. The smallest absolute Gasteiger partial charge is 0.253 e. The molecule has 4 heteroatoms. The van der Waals surface area contributed by atoms with Crippen LogP contribution in [-0.2, 0) is 0 Å². The quantitative estimate of drug-likeness (QED) is 0.843. The van der Waals surface area contributed by atoms with Gasteiger partial charge in [-0.2, -0.15) is 5.26 Å². The number of carbonyl (C=O) groups excluding carboxylic acids is 1. The number of likely N-dealkylation sites (tertiary alicyclic amines) is 2. The van der Waals surface area contributed by atoms with E-state index in [-0.39, 0.29) is 5.91 Å². The van der Waals surface area contributed by atoms with Crippen molar-refractivity contribution in [1.82, 2.24) is 9.80 Å². The third-order valence-electron chi connectivity index (χ3n) is 5.15. The van der Waals surface area contributed by atoms with Gasteiger partial charge in [-0.05, 0) is 57.0 Å². The van der Waals surface area contributed by atoms with Crippen molar-refractivity contribution in [2.24, 2.45) is 0 Å². The number of carbonyl (C=O) groups is 1. The van der Waals surface area contributed by atoms with E-state index in [2.05, 4.69) is 11.0 Å². The average molecular weight is 311 g/mol. The van der Waals surface area contributed by atoms with Gasteiger partial charge in [0, 0.05) is 24.7 Å². The van der Waals surface area contributed by atoms with Crippen molar-refractivity contribution in [3.63, 3.8) is 0 Å². The third-order valence-corrected chi connectivity index (χ3v) is 5.15. The molecule has 1 amide bonds. The van der Waals surface area contributed by atoms with Crippen molar-refractivity contribution in [3.8, 4) is 6.07 Å². The highest BCUT2D eigenvalue weighted by Crippen LogP contribution is 2.22. The van der Waals surface area contributed by atoms with Gasteiger partial charge in [-0.1, -0.05) is 18.9 Å². The molecule has 0 spiro atoms. The maximum Gasteiger partial charge on any atom is 0.253 e. The fourth-order valence-corrected chi connectivity index (χ4v) is 3.80. The third kappa shape index (κ3) is 3.92. The molecular formula is C19H25N3O. The Morgan fingerprint density at radius 2 is 1.74 bits per heavy atom. The van der Waals surface area contributed by atoms with Crippen LogP contribution in [0.15, 0.2) is 24.3 Å². The molecule has 0 radical (unpaired) electrons. The molecule has 0 N–H and O–H groups in total. The van der Waals surface area contributed by atoms with Crippen LogP contribution in [0.2, 0.25) is 0 Å². The zero-order chi connectivity index (χ0) is 16.1. The van der Waals surface area contributed by atoms with Gasteiger partial charge in [0.15, 0.2) is 0 Å². The molecule has 1 aromatic rings. The fraction of sp³-hybridized carbons (Fsp3) is 0.579. The molecule has 1 aromatic carbocycles. The monoisotopic (exact) mass is 311 g/mol. The molecule has 3 rings (SSSR count). The minimum absolute atomic E-state index is 0.0661. The summed E-state index contributed by atoms with van der Waals surface area (Å²) < 4.78 is 0. The summed E-state index contributed by atoms with van der Waals surface area (Å²) in [6, 6.07) is 9.78. The van der Waals surface area contributed by atoms with Gasteiger partial charge in [-0.15, -0.1) is 0 Å². The first-order valence-electron chi connectivity index (χ1n) is 8.81. The van der Waals surface area contributed by atoms with Crippen LogP contribution in [0.5, 0.6) is 0 Å². The normalized spacial score (nSPS) is 20.7. The lowest BCUT2D eigenvalue weighted by atomic mass is 10.0. The second-order valence-electron chi connectivity index (χ2n) is 6.67. The number of amides is 1. The molecule has 4 nitrogen and oxygen atoms in total. The van der Waals surface area contributed by atoms with E-state index in [0.29, 0.717) is 17.2 Å². The maximum atomic E-state index is 12.6. The van der Waals surface area contributed by atoms with E-state index in [0.717, 1.165) is 25.9 Å². The summed E-state index contributed by atoms with van der Waals surface area (Å²) in [5, 5.41) is 8.98. The highest BCUT2D eigenvalue weighted by molar-refractivity contribution is 5.94. The zero-order valence-corrected chi connectivity index (χ0v) is 13.7. The summed E-state index contributed by atoms with van der Waals surface area (Å²) in [7, 11) is 0. The Labute approximate surface area is 138 Å². The van der Waals surface area contributed by atoms with Crippen LogP contribution in [0.4, 0.5) is 0 Å². The Bertz CT molecular complexity index is 577. The number of piperidine rings is 1. The van der Waals surface area contributed by atoms with E-state index >= 15 is 0 Å². The summed E-state index contributed by atoms with van der Waals surface area (Å²) in [6.45, 7) is 4.11. The molecule has 0 aliphatic carbocycles. The highest BCUT2D eigenvalue weighted by Gasteiger charge is 2.27. The zero-order valence-electron chi connectivity index (χ0n) is 13.7. The van der Waals surface area contributed by atoms with Gasteiger partial charge in [0.2, 0.25) is 0 Å². The fourth-order valence-electron chi connectivity index (χ4n) is 3.80. The molecule has 0 unspecified atom stereocenters. The first kappa shape index (κ1) is 16.0. The van der Waals surface area contributed by atoms with Crippen molar-refractivity contribution in [1.29, 1.82) is 5.26 Å². The molecular weight excluding hydrogens is 286 g/mol. The molecule has 2 fully saturated rings. The topological polar surface area (TPSA) is 47.3 Å². The van der Waals surface area contributed by atoms with E-state index in [4.69, 9.17) is 5.26 Å². The van der Waals surface area contributed by atoms with Gasteiger partial charge in [-0.25, -0.2) is 0 Å². The van der Waals surface area contributed by atoms with Crippen LogP contribution < -0.4 is 0 Å². The summed E-state index contributed by atoms with van der Waals surface area (Å²) >= 11 is 0. The number of hydrogen-bond acceptors (Lipinski definition) is 3. The Hall–Kier alpha value is -1.86. The summed E-state index contributed by atoms with van der Waals surface area (Å²) in [5.41, 5.74) is 1.19. The standard InChI is InChI=1S/C19H25N3O/c20-15-16-6-5-7-17(14-16)19(23)22-12-8-18(9-13-22)21-10-3-1-2-4-11-21/h5-7,14,18H,1-4,8-13H2. The van der Waals surface area contributed by atoms with Gasteiger partial charge in [-0.3, -0.25) is 4.79 Å². The van der Waals surface area contributed by atoms with Crippen molar-refractivity contribution < 1.29 is 4.79 Å². The number of hydrogen-bond donors (Lipinski definition) is 0. The Morgan fingerprint density at radius 1 is 1.04 bits per heavy atom. The van der Waals surface area contributed by atoms with Crippen molar-refractivity contribution in [3.05, 3.63) is 35.4 Å². The van der Waals surface area contributed by atoms with Crippen LogP contribution in [0.3, 0.4) is 0 Å². The lowest BCUT2D eigenvalue weighted by molar-refractivity contribution is 0.0623. The molecule has 2 saturated heterocycles. The molecule has 2 aliphatic rings. The van der Waals surface area contributed by atoms with Crippen LogP contribution in [0.25, 0.3) is 0 Å². The number of nitrogens with zero attached hydrogens (tertiary/aromatic N) is 3. The second-order valence-corrected chi connectivity index (χ2v) is 6.67. The maximum absolute atomic E-state index is 12.6. The summed E-state index contributed by atoms with van der Waals surface area (Å²) in [6.07, 6.45) is 7.51. The molecule has 2 heterocycles. The molecule has 0 aromatic heterocycles. The van der Waals surface area contributed by atoms with Crippen molar-refractivity contribution in [2.75, 3.05) is 26.2 Å². The molecule has 0 bridgehead atoms. The van der Waals surface area contributed by atoms with Gasteiger partial charge in [0.25, 0.3) is 5.91 Å². The van der Waals surface area contributed by atoms with Gasteiger partial charge in [0.05, 0.1) is 11.6 Å². The van der Waals surface area contributed by atoms with Crippen LogP contribution in [-0.4, -0.2) is 47.9 Å². The molecule has 122 valence electrons. The minimum atomic E-state index is 0.0661. The average Bonchev–Trinajstić information content (AvgIpc) is 2.91. The van der Waals surface area contributed by atoms with Crippen molar-refractivity contribution in [2.45, 2.75) is 44.6 Å². The van der Waals surface area contributed by atoms with E-state index in [1.54, 1.807) is 18.2 Å². The predicted octanol–water partition coefficient (Wildman–Crippen LogP) is 3.04. The second kappa shape index (κ2) is 7.61. The SMILES string of the molecule is N#Cc1cccc(C(=O)N2CCC(N3CCCCCC3)CC2)c1. The minimum Gasteiger partial charge on any atom is -0.339 e. The number of nitriles is 1. The Kier molecular flexibility index (Phi) is 5.30. The number of rotatable bonds is 2. The molecule has 23 heavy (non-hydrogen) atoms. The lowest BCUT2D eigenvalue weighted by Gasteiger charge is -2.38. The predicted molar refractivity (Wildman–Crippen MR) is 90.1 cm³/mol. The van der Waals surface area contributed by atoms with Gasteiger partial charge >= 0.3 is 0 Å².